The second kappa shape index (κ2) is 10.2. The fourth-order valence-electron chi connectivity index (χ4n) is 4.10. The number of amides is 2. The molecule has 196 valence electrons. The summed E-state index contributed by atoms with van der Waals surface area (Å²) in [5.74, 6) is -0.861. The summed E-state index contributed by atoms with van der Waals surface area (Å²) in [6.07, 6.45) is 3.23. The van der Waals surface area contributed by atoms with Gasteiger partial charge in [-0.1, -0.05) is 18.2 Å². The van der Waals surface area contributed by atoms with Gasteiger partial charge in [0.05, 0.1) is 48.5 Å². The van der Waals surface area contributed by atoms with E-state index in [0.717, 1.165) is 0 Å². The van der Waals surface area contributed by atoms with Crippen molar-refractivity contribution in [2.75, 3.05) is 18.0 Å². The number of nitrogens with zero attached hydrogens (tertiary/aromatic N) is 4. The Kier molecular flexibility index (Phi) is 6.78. The molecular weight excluding hydrogens is 515 g/mol. The van der Waals surface area contributed by atoms with Gasteiger partial charge in [0.25, 0.3) is 0 Å². The molecule has 13 heteroatoms. The maximum atomic E-state index is 15.0. The minimum absolute atomic E-state index is 0.0522. The smallest absolute Gasteiger partial charge is 0.414 e. The first-order valence-electron chi connectivity index (χ1n) is 11.6. The van der Waals surface area contributed by atoms with Crippen LogP contribution in [0.25, 0.3) is 16.6 Å². The molecule has 2 aromatic carbocycles. The third-order valence-corrected chi connectivity index (χ3v) is 7.37. The molecule has 2 N–H and O–H groups in total. The molecule has 1 saturated heterocycles. The van der Waals surface area contributed by atoms with Crippen molar-refractivity contribution in [1.82, 2.24) is 24.6 Å². The van der Waals surface area contributed by atoms with Gasteiger partial charge in [0.15, 0.2) is 0 Å². The lowest BCUT2D eigenvalue weighted by molar-refractivity contribution is -0.119. The van der Waals surface area contributed by atoms with Crippen LogP contribution in [0.4, 0.5) is 14.9 Å². The third-order valence-electron chi connectivity index (χ3n) is 5.94. The number of para-hydroxylation sites is 1. The highest BCUT2D eigenvalue weighted by Gasteiger charge is 2.32. The van der Waals surface area contributed by atoms with Gasteiger partial charge in [-0.15, -0.1) is 0 Å². The van der Waals surface area contributed by atoms with E-state index in [9.17, 15) is 18.0 Å². The van der Waals surface area contributed by atoms with Gasteiger partial charge in [0, 0.05) is 24.7 Å². The maximum Gasteiger partial charge on any atom is 0.414 e. The Morgan fingerprint density at radius 2 is 2.00 bits per heavy atom. The number of halogens is 1. The quantitative estimate of drug-likeness (QED) is 0.352. The Labute approximate surface area is 217 Å². The molecule has 1 atom stereocenters. The molecule has 0 unspecified atom stereocenters. The normalized spacial score (nSPS) is 15.6. The van der Waals surface area contributed by atoms with E-state index in [1.807, 2.05) is 0 Å². The van der Waals surface area contributed by atoms with Crippen LogP contribution in [0.1, 0.15) is 12.6 Å². The van der Waals surface area contributed by atoms with Gasteiger partial charge in [0.1, 0.15) is 16.8 Å². The number of sulfonamides is 1. The number of fused-ring (bicyclic) bond motifs is 1. The number of benzene rings is 2. The van der Waals surface area contributed by atoms with E-state index in [-0.39, 0.29) is 36.1 Å². The first kappa shape index (κ1) is 25.3. The van der Waals surface area contributed by atoms with E-state index in [1.165, 1.54) is 53.3 Å². The number of anilines is 1. The molecule has 4 aromatic rings. The largest absolute Gasteiger partial charge is 0.442 e. The molecule has 1 fully saturated rings. The predicted molar refractivity (Wildman–Crippen MR) is 136 cm³/mol. The van der Waals surface area contributed by atoms with Crippen LogP contribution >= 0.6 is 0 Å². The number of pyridine rings is 1. The molecule has 3 heterocycles. The SMILES string of the molecule is CC(=O)NC[C@H]1CN(c2ccc(-n3cnc(CNS(=O)(=O)c4cccc5cccnc45)c3)c(F)c2)C(=O)O1. The Balaban J connectivity index is 1.28. The summed E-state index contributed by atoms with van der Waals surface area (Å²) in [6.45, 7) is 1.57. The Morgan fingerprint density at radius 3 is 2.79 bits per heavy atom. The Morgan fingerprint density at radius 1 is 1.18 bits per heavy atom. The summed E-state index contributed by atoms with van der Waals surface area (Å²) in [4.78, 5) is 33.0. The summed E-state index contributed by atoms with van der Waals surface area (Å²) < 4.78 is 50.0. The second-order valence-electron chi connectivity index (χ2n) is 8.62. The van der Waals surface area contributed by atoms with Crippen LogP contribution in [0.3, 0.4) is 0 Å². The number of carbonyl (C=O) groups is 2. The molecule has 2 amide bonds. The van der Waals surface area contributed by atoms with Crippen molar-refractivity contribution in [3.05, 3.63) is 78.8 Å². The molecular formula is C25H23FN6O5S. The van der Waals surface area contributed by atoms with Crippen LogP contribution in [-0.4, -0.2) is 54.1 Å². The molecule has 0 bridgehead atoms. The average Bonchev–Trinajstić information content (AvgIpc) is 3.52. The summed E-state index contributed by atoms with van der Waals surface area (Å²) in [5.41, 5.74) is 1.20. The number of cyclic esters (lactones) is 1. The van der Waals surface area contributed by atoms with Gasteiger partial charge < -0.3 is 14.6 Å². The van der Waals surface area contributed by atoms with Crippen LogP contribution in [0, 0.1) is 5.82 Å². The van der Waals surface area contributed by atoms with Gasteiger partial charge in [-0.3, -0.25) is 14.7 Å². The van der Waals surface area contributed by atoms with Crippen LogP contribution in [-0.2, 0) is 26.1 Å². The average molecular weight is 539 g/mol. The van der Waals surface area contributed by atoms with Crippen molar-refractivity contribution in [3.8, 4) is 5.69 Å². The van der Waals surface area contributed by atoms with E-state index in [4.69, 9.17) is 4.74 Å². The monoisotopic (exact) mass is 538 g/mol. The number of hydrogen-bond donors (Lipinski definition) is 2. The van der Waals surface area contributed by atoms with E-state index >= 15 is 4.39 Å². The van der Waals surface area contributed by atoms with Gasteiger partial charge in [-0.05, 0) is 30.3 Å². The van der Waals surface area contributed by atoms with Crippen LogP contribution in [0.5, 0.6) is 0 Å². The van der Waals surface area contributed by atoms with Gasteiger partial charge in [-0.2, -0.15) is 0 Å². The van der Waals surface area contributed by atoms with Gasteiger partial charge in [0.2, 0.25) is 15.9 Å². The van der Waals surface area contributed by atoms with Crippen LogP contribution in [0.15, 0.2) is 72.1 Å². The number of hydrogen-bond acceptors (Lipinski definition) is 7. The lowest BCUT2D eigenvalue weighted by atomic mass is 10.2. The van der Waals surface area contributed by atoms with Crippen LogP contribution < -0.4 is 14.9 Å². The van der Waals surface area contributed by atoms with Crippen molar-refractivity contribution in [1.29, 1.82) is 0 Å². The van der Waals surface area contributed by atoms with E-state index in [0.29, 0.717) is 22.3 Å². The van der Waals surface area contributed by atoms with Gasteiger partial charge in [-0.25, -0.2) is 27.3 Å². The first-order valence-corrected chi connectivity index (χ1v) is 13.1. The number of rotatable bonds is 8. The van der Waals surface area contributed by atoms with Crippen molar-refractivity contribution in [2.24, 2.45) is 0 Å². The molecule has 11 nitrogen and oxygen atoms in total. The lowest BCUT2D eigenvalue weighted by Crippen LogP contribution is -2.33. The standard InChI is InChI=1S/C25H23FN6O5S/c1-16(33)28-12-20-14-32(25(34)37-20)19-7-8-22(21(26)10-19)31-13-18(29-15-31)11-30-38(35,36)23-6-2-4-17-5-3-9-27-24(17)23/h2-10,13,15,20,30H,11-12,14H2,1H3,(H,28,33)/t20-/m0/s1. The summed E-state index contributed by atoms with van der Waals surface area (Å²) in [6, 6.07) is 12.7. The van der Waals surface area contributed by atoms with E-state index in [2.05, 4.69) is 20.0 Å². The highest BCUT2D eigenvalue weighted by molar-refractivity contribution is 7.89. The van der Waals surface area contributed by atoms with E-state index in [1.54, 1.807) is 30.3 Å². The zero-order chi connectivity index (χ0) is 26.9. The predicted octanol–water partition coefficient (Wildman–Crippen LogP) is 2.50. The minimum Gasteiger partial charge on any atom is -0.442 e. The van der Waals surface area contributed by atoms with Gasteiger partial charge >= 0.3 is 6.09 Å². The fourth-order valence-corrected chi connectivity index (χ4v) is 5.27. The third kappa shape index (κ3) is 5.19. The van der Waals surface area contributed by atoms with Crippen molar-refractivity contribution < 1.29 is 27.1 Å². The molecule has 0 spiro atoms. The lowest BCUT2D eigenvalue weighted by Gasteiger charge is -2.14. The number of nitrogens with one attached hydrogen (secondary N) is 2. The zero-order valence-corrected chi connectivity index (χ0v) is 21.0. The summed E-state index contributed by atoms with van der Waals surface area (Å²) >= 11 is 0. The molecule has 2 aromatic heterocycles. The maximum absolute atomic E-state index is 15.0. The second-order valence-corrected chi connectivity index (χ2v) is 10.4. The first-order chi connectivity index (χ1) is 18.2. The Bertz CT molecular complexity index is 1640. The molecule has 0 aliphatic carbocycles. The molecule has 0 radical (unpaired) electrons. The zero-order valence-electron chi connectivity index (χ0n) is 20.2. The van der Waals surface area contributed by atoms with Crippen molar-refractivity contribution >= 4 is 38.6 Å². The summed E-state index contributed by atoms with van der Waals surface area (Å²) in [5, 5.41) is 3.29. The highest BCUT2D eigenvalue weighted by atomic mass is 32.2. The fraction of sp³-hybridized carbons (Fsp3) is 0.200. The Hall–Kier alpha value is -4.36. The highest BCUT2D eigenvalue weighted by Crippen LogP contribution is 2.26. The molecule has 1 aliphatic rings. The number of aromatic nitrogens is 3. The summed E-state index contributed by atoms with van der Waals surface area (Å²) in [7, 11) is -3.89. The van der Waals surface area contributed by atoms with Crippen LogP contribution in [0.2, 0.25) is 0 Å². The molecule has 38 heavy (non-hydrogen) atoms. The molecule has 5 rings (SSSR count). The number of carbonyl (C=O) groups excluding carboxylic acids is 2. The molecule has 0 saturated carbocycles. The van der Waals surface area contributed by atoms with Crippen molar-refractivity contribution in [3.63, 3.8) is 0 Å². The number of ether oxygens (including phenoxy) is 1. The minimum atomic E-state index is -3.89. The number of imidazole rings is 1. The molecule has 1 aliphatic heterocycles. The van der Waals surface area contributed by atoms with Crippen molar-refractivity contribution in [2.45, 2.75) is 24.5 Å². The van der Waals surface area contributed by atoms with E-state index < -0.39 is 28.0 Å². The topological polar surface area (TPSA) is 136 Å².